The summed E-state index contributed by atoms with van der Waals surface area (Å²) in [5.74, 6) is 2.34. The molecule has 0 aliphatic carbocycles. The Labute approximate surface area is 167 Å². The zero-order valence-electron chi connectivity index (χ0n) is 17.2. The van der Waals surface area contributed by atoms with Gasteiger partial charge in [0.25, 0.3) is 0 Å². The van der Waals surface area contributed by atoms with Gasteiger partial charge < -0.3 is 25.2 Å². The number of aliphatic hydroxyl groups excluding tert-OH is 1. The highest BCUT2D eigenvalue weighted by atomic mass is 16.5. The molecule has 6 heteroatoms. The van der Waals surface area contributed by atoms with Crippen LogP contribution in [0.5, 0.6) is 11.5 Å². The molecule has 152 valence electrons. The summed E-state index contributed by atoms with van der Waals surface area (Å²) in [4.78, 5) is 4.51. The smallest absolute Gasteiger partial charge is 0.191 e. The number of aliphatic hydroxyl groups is 1. The van der Waals surface area contributed by atoms with Crippen LogP contribution >= 0.6 is 0 Å². The first-order valence-corrected chi connectivity index (χ1v) is 9.55. The van der Waals surface area contributed by atoms with Crippen LogP contribution in [0.15, 0.2) is 47.5 Å². The van der Waals surface area contributed by atoms with E-state index in [4.69, 9.17) is 9.47 Å². The molecule has 0 heterocycles. The van der Waals surface area contributed by atoms with Crippen molar-refractivity contribution in [3.8, 4) is 11.5 Å². The van der Waals surface area contributed by atoms with Crippen LogP contribution in [0.3, 0.4) is 0 Å². The number of methoxy groups -OCH3 is 2. The Morgan fingerprint density at radius 1 is 1.07 bits per heavy atom. The third kappa shape index (κ3) is 6.46. The number of rotatable bonds is 9. The van der Waals surface area contributed by atoms with E-state index in [1.165, 1.54) is 5.56 Å². The minimum absolute atomic E-state index is 0.273. The molecule has 2 rings (SSSR count). The minimum Gasteiger partial charge on any atom is -0.497 e. The van der Waals surface area contributed by atoms with Gasteiger partial charge in [0, 0.05) is 13.1 Å². The Morgan fingerprint density at radius 2 is 1.82 bits per heavy atom. The van der Waals surface area contributed by atoms with Gasteiger partial charge in [0.2, 0.25) is 0 Å². The predicted molar refractivity (Wildman–Crippen MR) is 113 cm³/mol. The quantitative estimate of drug-likeness (QED) is 0.457. The molecule has 1 unspecified atom stereocenters. The molecule has 0 amide bonds. The van der Waals surface area contributed by atoms with Gasteiger partial charge in [-0.05, 0) is 49.6 Å². The van der Waals surface area contributed by atoms with Crippen molar-refractivity contribution >= 4 is 5.96 Å². The highest BCUT2D eigenvalue weighted by Crippen LogP contribution is 2.20. The van der Waals surface area contributed by atoms with Gasteiger partial charge in [0.1, 0.15) is 11.5 Å². The van der Waals surface area contributed by atoms with E-state index in [0.29, 0.717) is 12.5 Å². The van der Waals surface area contributed by atoms with Crippen LogP contribution in [0.2, 0.25) is 0 Å². The molecular formula is C22H31N3O3. The van der Waals surface area contributed by atoms with E-state index >= 15 is 0 Å². The van der Waals surface area contributed by atoms with Crippen LogP contribution in [0.4, 0.5) is 0 Å². The lowest BCUT2D eigenvalue weighted by Gasteiger charge is -2.14. The van der Waals surface area contributed by atoms with Gasteiger partial charge in [0.05, 0.1) is 26.9 Å². The third-order valence-electron chi connectivity index (χ3n) is 4.39. The summed E-state index contributed by atoms with van der Waals surface area (Å²) in [6, 6.07) is 13.5. The average molecular weight is 386 g/mol. The molecule has 2 aromatic carbocycles. The van der Waals surface area contributed by atoms with Gasteiger partial charge in [-0.1, -0.05) is 29.8 Å². The normalized spacial score (nSPS) is 12.4. The monoisotopic (exact) mass is 385 g/mol. The zero-order chi connectivity index (χ0) is 20.4. The maximum absolute atomic E-state index is 10.4. The number of aryl methyl sites for hydroxylation is 1. The molecule has 0 spiro atoms. The predicted octanol–water partition coefficient (Wildman–Crippen LogP) is 2.84. The van der Waals surface area contributed by atoms with Crippen molar-refractivity contribution in [2.75, 3.05) is 33.9 Å². The van der Waals surface area contributed by atoms with E-state index in [9.17, 15) is 5.11 Å². The van der Waals surface area contributed by atoms with Gasteiger partial charge in [-0.25, -0.2) is 0 Å². The van der Waals surface area contributed by atoms with E-state index in [2.05, 4.69) is 28.6 Å². The Balaban J connectivity index is 1.93. The second kappa shape index (κ2) is 11.2. The van der Waals surface area contributed by atoms with Gasteiger partial charge in [0.15, 0.2) is 5.96 Å². The SMILES string of the molecule is CCNC(=NCC(O)c1ccc(OC)cc1)NCCc1cc(C)ccc1OC. The molecule has 0 saturated carbocycles. The van der Waals surface area contributed by atoms with E-state index in [1.54, 1.807) is 14.2 Å². The number of hydrogen-bond donors (Lipinski definition) is 3. The van der Waals surface area contributed by atoms with Crippen molar-refractivity contribution in [1.29, 1.82) is 0 Å². The Morgan fingerprint density at radius 3 is 2.46 bits per heavy atom. The van der Waals surface area contributed by atoms with Crippen LogP contribution in [-0.4, -0.2) is 44.9 Å². The minimum atomic E-state index is -0.668. The van der Waals surface area contributed by atoms with Gasteiger partial charge in [-0.2, -0.15) is 0 Å². The molecule has 0 bridgehead atoms. The molecule has 0 aliphatic heterocycles. The summed E-state index contributed by atoms with van der Waals surface area (Å²) in [5, 5.41) is 16.9. The zero-order valence-corrected chi connectivity index (χ0v) is 17.2. The lowest BCUT2D eigenvalue weighted by molar-refractivity contribution is 0.187. The fourth-order valence-corrected chi connectivity index (χ4v) is 2.87. The van der Waals surface area contributed by atoms with Gasteiger partial charge >= 0.3 is 0 Å². The maximum atomic E-state index is 10.4. The molecule has 3 N–H and O–H groups in total. The summed E-state index contributed by atoms with van der Waals surface area (Å²) in [5.41, 5.74) is 3.17. The topological polar surface area (TPSA) is 75.1 Å². The fraction of sp³-hybridized carbons (Fsp3) is 0.409. The third-order valence-corrected chi connectivity index (χ3v) is 4.39. The molecule has 1 atom stereocenters. The van der Waals surface area contributed by atoms with E-state index in [0.717, 1.165) is 35.6 Å². The highest BCUT2D eigenvalue weighted by molar-refractivity contribution is 5.79. The standard InChI is InChI=1S/C22H31N3O3/c1-5-23-22(24-13-12-18-14-16(2)6-11-21(18)28-4)25-15-20(26)17-7-9-19(27-3)10-8-17/h6-11,14,20,26H,5,12-13,15H2,1-4H3,(H2,23,24,25). The molecule has 28 heavy (non-hydrogen) atoms. The summed E-state index contributed by atoms with van der Waals surface area (Å²) in [6.45, 7) is 5.82. The lowest BCUT2D eigenvalue weighted by Crippen LogP contribution is -2.38. The molecule has 0 aromatic heterocycles. The van der Waals surface area contributed by atoms with Crippen molar-refractivity contribution in [3.63, 3.8) is 0 Å². The van der Waals surface area contributed by atoms with E-state index < -0.39 is 6.10 Å². The molecule has 0 aliphatic rings. The summed E-state index contributed by atoms with van der Waals surface area (Å²) >= 11 is 0. The highest BCUT2D eigenvalue weighted by Gasteiger charge is 2.08. The van der Waals surface area contributed by atoms with Crippen molar-refractivity contribution < 1.29 is 14.6 Å². The molecule has 6 nitrogen and oxygen atoms in total. The van der Waals surface area contributed by atoms with Gasteiger partial charge in [-0.15, -0.1) is 0 Å². The van der Waals surface area contributed by atoms with Crippen LogP contribution in [0, 0.1) is 6.92 Å². The second-order valence-electron chi connectivity index (χ2n) is 6.50. The number of guanidine groups is 1. The molecule has 0 fully saturated rings. The second-order valence-corrected chi connectivity index (χ2v) is 6.50. The van der Waals surface area contributed by atoms with E-state index in [-0.39, 0.29) is 6.54 Å². The summed E-state index contributed by atoms with van der Waals surface area (Å²) < 4.78 is 10.6. The number of nitrogens with zero attached hydrogens (tertiary/aromatic N) is 1. The molecule has 0 saturated heterocycles. The van der Waals surface area contributed by atoms with Crippen LogP contribution in [0.1, 0.15) is 29.7 Å². The number of benzene rings is 2. The number of nitrogens with one attached hydrogen (secondary N) is 2. The fourth-order valence-electron chi connectivity index (χ4n) is 2.87. The first kappa shape index (κ1) is 21.6. The largest absolute Gasteiger partial charge is 0.497 e. The maximum Gasteiger partial charge on any atom is 0.191 e. The Kier molecular flexibility index (Phi) is 8.62. The van der Waals surface area contributed by atoms with Crippen molar-refractivity contribution in [1.82, 2.24) is 10.6 Å². The molecular weight excluding hydrogens is 354 g/mol. The Bertz CT molecular complexity index is 760. The first-order chi connectivity index (χ1) is 13.6. The lowest BCUT2D eigenvalue weighted by atomic mass is 10.1. The number of aliphatic imine (C=N–C) groups is 1. The average Bonchev–Trinajstić information content (AvgIpc) is 2.72. The van der Waals surface area contributed by atoms with Crippen LogP contribution < -0.4 is 20.1 Å². The van der Waals surface area contributed by atoms with Crippen LogP contribution in [0.25, 0.3) is 0 Å². The van der Waals surface area contributed by atoms with Crippen LogP contribution in [-0.2, 0) is 6.42 Å². The van der Waals surface area contributed by atoms with E-state index in [1.807, 2.05) is 43.3 Å². The number of ether oxygens (including phenoxy) is 2. The van der Waals surface area contributed by atoms with Crippen molar-refractivity contribution in [3.05, 3.63) is 59.2 Å². The van der Waals surface area contributed by atoms with Gasteiger partial charge in [-0.3, -0.25) is 4.99 Å². The number of hydrogen-bond acceptors (Lipinski definition) is 4. The summed E-state index contributed by atoms with van der Waals surface area (Å²) in [7, 11) is 3.31. The Hall–Kier alpha value is -2.73. The summed E-state index contributed by atoms with van der Waals surface area (Å²) in [6.07, 6.45) is 0.147. The van der Waals surface area contributed by atoms with Crippen molar-refractivity contribution in [2.45, 2.75) is 26.4 Å². The van der Waals surface area contributed by atoms with Crippen molar-refractivity contribution in [2.24, 2.45) is 4.99 Å². The molecule has 0 radical (unpaired) electrons. The first-order valence-electron chi connectivity index (χ1n) is 9.55. The molecule has 2 aromatic rings.